The number of benzene rings is 2. The Hall–Kier alpha value is -2.49. The van der Waals surface area contributed by atoms with Gasteiger partial charge in [-0.05, 0) is 29.8 Å². The number of hydrogen-bond acceptors (Lipinski definition) is 5. The summed E-state index contributed by atoms with van der Waals surface area (Å²) in [6.45, 7) is 3.37. The Labute approximate surface area is 182 Å². The predicted molar refractivity (Wildman–Crippen MR) is 113 cm³/mol. The Morgan fingerprint density at radius 1 is 1.03 bits per heavy atom. The molecule has 0 unspecified atom stereocenters. The molecule has 1 fully saturated rings. The van der Waals surface area contributed by atoms with E-state index in [4.69, 9.17) is 4.74 Å². The average molecular weight is 449 g/mol. The molecule has 0 radical (unpaired) electrons. The molecule has 4 rings (SSSR count). The molecule has 0 N–H and O–H groups in total. The molecule has 1 aliphatic rings. The van der Waals surface area contributed by atoms with E-state index in [1.165, 1.54) is 12.1 Å². The number of halogens is 3. The van der Waals surface area contributed by atoms with Crippen LogP contribution in [0.25, 0.3) is 10.2 Å². The van der Waals surface area contributed by atoms with E-state index >= 15 is 0 Å². The van der Waals surface area contributed by atoms with Crippen LogP contribution in [0, 0.1) is 0 Å². The zero-order valence-electron chi connectivity index (χ0n) is 16.8. The van der Waals surface area contributed by atoms with Crippen molar-refractivity contribution in [3.05, 3.63) is 64.7 Å². The van der Waals surface area contributed by atoms with Crippen molar-refractivity contribution < 1.29 is 22.7 Å². The largest absolute Gasteiger partial charge is 0.416 e. The van der Waals surface area contributed by atoms with Crippen LogP contribution in [-0.4, -0.2) is 53.5 Å². The molecule has 3 aromatic rings. The fourth-order valence-corrected chi connectivity index (χ4v) is 4.42. The maximum absolute atomic E-state index is 12.7. The second kappa shape index (κ2) is 9.33. The fourth-order valence-electron chi connectivity index (χ4n) is 3.51. The highest BCUT2D eigenvalue weighted by Gasteiger charge is 2.30. The predicted octanol–water partition coefficient (Wildman–Crippen LogP) is 4.18. The van der Waals surface area contributed by atoms with Crippen LogP contribution >= 0.6 is 11.3 Å². The molecule has 1 amide bonds. The summed E-state index contributed by atoms with van der Waals surface area (Å²) in [5, 5.41) is 0.843. The lowest BCUT2D eigenvalue weighted by Crippen LogP contribution is -2.49. The highest BCUT2D eigenvalue weighted by molar-refractivity contribution is 7.18. The molecule has 0 spiro atoms. The van der Waals surface area contributed by atoms with Gasteiger partial charge in [0.15, 0.2) is 0 Å². The van der Waals surface area contributed by atoms with Crippen LogP contribution in [0.4, 0.5) is 13.2 Å². The van der Waals surface area contributed by atoms with Gasteiger partial charge in [0.05, 0.1) is 22.4 Å². The highest BCUT2D eigenvalue weighted by Crippen LogP contribution is 2.29. The number of alkyl halides is 3. The van der Waals surface area contributed by atoms with E-state index in [0.29, 0.717) is 39.3 Å². The highest BCUT2D eigenvalue weighted by atomic mass is 32.1. The minimum absolute atomic E-state index is 0.00876. The van der Waals surface area contributed by atoms with Gasteiger partial charge >= 0.3 is 6.18 Å². The number of hydrogen-bond donors (Lipinski definition) is 0. The van der Waals surface area contributed by atoms with Gasteiger partial charge < -0.3 is 9.64 Å². The third-order valence-electron chi connectivity index (χ3n) is 5.20. The fraction of sp³-hybridized carbons (Fsp3) is 0.364. The summed E-state index contributed by atoms with van der Waals surface area (Å²) in [5.74, 6) is -0.0599. The summed E-state index contributed by atoms with van der Waals surface area (Å²) in [5.41, 5.74) is 1.12. The molecule has 1 saturated heterocycles. The Morgan fingerprint density at radius 2 is 1.74 bits per heavy atom. The summed E-state index contributed by atoms with van der Waals surface area (Å²) in [4.78, 5) is 20.8. The molecule has 0 aliphatic carbocycles. The quantitative estimate of drug-likeness (QED) is 0.567. The lowest BCUT2D eigenvalue weighted by molar-refractivity contribution is -0.138. The van der Waals surface area contributed by atoms with Crippen molar-refractivity contribution >= 4 is 27.5 Å². The van der Waals surface area contributed by atoms with E-state index < -0.39 is 11.7 Å². The van der Waals surface area contributed by atoms with Crippen LogP contribution in [0.5, 0.6) is 0 Å². The molecule has 31 heavy (non-hydrogen) atoms. The Morgan fingerprint density at radius 3 is 2.42 bits per heavy atom. The van der Waals surface area contributed by atoms with Crippen LogP contribution < -0.4 is 0 Å². The molecule has 2 aromatic carbocycles. The number of ether oxygens (including phenoxy) is 1. The molecule has 5 nitrogen and oxygen atoms in total. The number of amides is 1. The second-order valence-electron chi connectivity index (χ2n) is 7.42. The summed E-state index contributed by atoms with van der Waals surface area (Å²) in [6.07, 6.45) is -4.32. The van der Waals surface area contributed by atoms with Crippen LogP contribution in [0.3, 0.4) is 0 Å². The van der Waals surface area contributed by atoms with E-state index in [2.05, 4.69) is 9.88 Å². The minimum Gasteiger partial charge on any atom is -0.364 e. The number of carbonyl (C=O) groups is 1. The molecule has 2 heterocycles. The molecule has 0 saturated carbocycles. The van der Waals surface area contributed by atoms with Crippen molar-refractivity contribution in [2.45, 2.75) is 19.3 Å². The van der Waals surface area contributed by atoms with Crippen molar-refractivity contribution in [1.82, 2.24) is 14.8 Å². The third-order valence-corrected chi connectivity index (χ3v) is 6.21. The molecular weight excluding hydrogens is 427 g/mol. The summed E-state index contributed by atoms with van der Waals surface area (Å²) >= 11 is 1.56. The first-order chi connectivity index (χ1) is 14.9. The van der Waals surface area contributed by atoms with Gasteiger partial charge in [0.1, 0.15) is 11.6 Å². The van der Waals surface area contributed by atoms with E-state index in [9.17, 15) is 18.0 Å². The van der Waals surface area contributed by atoms with E-state index in [1.807, 2.05) is 24.3 Å². The van der Waals surface area contributed by atoms with Gasteiger partial charge in [0.25, 0.3) is 0 Å². The zero-order chi connectivity index (χ0) is 21.8. The van der Waals surface area contributed by atoms with E-state index in [-0.39, 0.29) is 12.5 Å². The summed E-state index contributed by atoms with van der Waals surface area (Å²) < 4.78 is 44.7. The number of fused-ring (bicyclic) bond motifs is 1. The second-order valence-corrected chi connectivity index (χ2v) is 8.53. The third kappa shape index (κ3) is 5.61. The van der Waals surface area contributed by atoms with Crippen LogP contribution in [0.2, 0.25) is 0 Å². The first-order valence-electron chi connectivity index (χ1n) is 9.97. The van der Waals surface area contributed by atoms with Crippen molar-refractivity contribution in [2.24, 2.45) is 0 Å². The summed E-state index contributed by atoms with van der Waals surface area (Å²) in [6, 6.07) is 13.1. The van der Waals surface area contributed by atoms with Gasteiger partial charge in [-0.2, -0.15) is 13.2 Å². The number of para-hydroxylation sites is 1. The topological polar surface area (TPSA) is 45.7 Å². The number of aromatic nitrogens is 1. The number of carbonyl (C=O) groups excluding carboxylic acids is 1. The number of rotatable bonds is 6. The Bertz CT molecular complexity index is 995. The van der Waals surface area contributed by atoms with Crippen molar-refractivity contribution in [2.75, 3.05) is 32.8 Å². The van der Waals surface area contributed by atoms with E-state index in [0.717, 1.165) is 32.9 Å². The van der Waals surface area contributed by atoms with Gasteiger partial charge in [-0.3, -0.25) is 9.69 Å². The zero-order valence-corrected chi connectivity index (χ0v) is 17.6. The molecule has 164 valence electrons. The lowest BCUT2D eigenvalue weighted by Gasteiger charge is -2.34. The van der Waals surface area contributed by atoms with E-state index in [1.54, 1.807) is 16.2 Å². The Kier molecular flexibility index (Phi) is 6.54. The van der Waals surface area contributed by atoms with Gasteiger partial charge in [-0.1, -0.05) is 24.3 Å². The molecule has 0 atom stereocenters. The maximum atomic E-state index is 12.7. The maximum Gasteiger partial charge on any atom is 0.416 e. The number of nitrogens with zero attached hydrogens (tertiary/aromatic N) is 3. The number of piperazine rings is 1. The van der Waals surface area contributed by atoms with Gasteiger partial charge in [0.2, 0.25) is 5.91 Å². The molecule has 9 heteroatoms. The average Bonchev–Trinajstić information content (AvgIpc) is 3.17. The molecule has 1 aliphatic heterocycles. The monoisotopic (exact) mass is 449 g/mol. The molecule has 1 aromatic heterocycles. The lowest BCUT2D eigenvalue weighted by atomic mass is 10.1. The van der Waals surface area contributed by atoms with Crippen molar-refractivity contribution in [1.29, 1.82) is 0 Å². The van der Waals surface area contributed by atoms with Crippen LogP contribution in [0.1, 0.15) is 16.1 Å². The standard InChI is InChI=1S/C22H22F3N3O2S/c23-22(24,25)17-7-5-16(6-8-17)13-27-9-11-28(12-10-27)21(29)15-30-14-20-26-18-3-1-2-4-19(18)31-20/h1-8H,9-15H2. The van der Waals surface area contributed by atoms with Crippen molar-refractivity contribution in [3.8, 4) is 0 Å². The smallest absolute Gasteiger partial charge is 0.364 e. The van der Waals surface area contributed by atoms with Crippen molar-refractivity contribution in [3.63, 3.8) is 0 Å². The normalized spacial score (nSPS) is 15.5. The Balaban J connectivity index is 1.19. The SMILES string of the molecule is O=C(COCc1nc2ccccc2s1)N1CCN(Cc2ccc(C(F)(F)F)cc2)CC1. The number of thiazole rings is 1. The molecular formula is C22H22F3N3O2S. The molecule has 0 bridgehead atoms. The first kappa shape index (κ1) is 21.7. The van der Waals surface area contributed by atoms with Crippen LogP contribution in [0.15, 0.2) is 48.5 Å². The van der Waals surface area contributed by atoms with Gasteiger partial charge in [-0.25, -0.2) is 4.98 Å². The van der Waals surface area contributed by atoms with Gasteiger partial charge in [0, 0.05) is 32.7 Å². The van der Waals surface area contributed by atoms with Gasteiger partial charge in [-0.15, -0.1) is 11.3 Å². The van der Waals surface area contributed by atoms with Crippen LogP contribution in [-0.2, 0) is 28.9 Å². The summed E-state index contributed by atoms with van der Waals surface area (Å²) in [7, 11) is 0. The minimum atomic E-state index is -4.32. The first-order valence-corrected chi connectivity index (χ1v) is 10.8.